The molecule has 0 radical (unpaired) electrons. The van der Waals surface area contributed by atoms with Crippen LogP contribution in [0.2, 0.25) is 0 Å². The van der Waals surface area contributed by atoms with Crippen LogP contribution in [0.5, 0.6) is 11.5 Å². The Morgan fingerprint density at radius 1 is 1.00 bits per heavy atom. The number of rotatable bonds is 4. The third-order valence-corrected chi connectivity index (χ3v) is 4.44. The highest BCUT2D eigenvalue weighted by molar-refractivity contribution is 5.97. The van der Waals surface area contributed by atoms with E-state index in [0.29, 0.717) is 43.2 Å². The van der Waals surface area contributed by atoms with E-state index in [2.05, 4.69) is 0 Å². The molecule has 2 fully saturated rings. The maximum Gasteiger partial charge on any atom is 0.257 e. The van der Waals surface area contributed by atoms with Crippen LogP contribution in [0.15, 0.2) is 18.2 Å². The van der Waals surface area contributed by atoms with Crippen molar-refractivity contribution in [1.29, 1.82) is 0 Å². The number of carbonyl (C=O) groups is 2. The van der Waals surface area contributed by atoms with Crippen molar-refractivity contribution in [3.05, 3.63) is 23.8 Å². The molecule has 0 spiro atoms. The molecular formula is C17H22N2O4. The van der Waals surface area contributed by atoms with Crippen molar-refractivity contribution in [3.63, 3.8) is 0 Å². The topological polar surface area (TPSA) is 59.1 Å². The minimum absolute atomic E-state index is 0.0666. The van der Waals surface area contributed by atoms with E-state index in [1.54, 1.807) is 30.2 Å². The number of carbonyl (C=O) groups excluding carboxylic acids is 2. The summed E-state index contributed by atoms with van der Waals surface area (Å²) in [6.07, 6.45) is 2.03. The smallest absolute Gasteiger partial charge is 0.257 e. The van der Waals surface area contributed by atoms with E-state index in [1.165, 1.54) is 7.11 Å². The van der Waals surface area contributed by atoms with Crippen LogP contribution in [0.4, 0.5) is 0 Å². The molecule has 3 rings (SSSR count). The quantitative estimate of drug-likeness (QED) is 0.842. The standard InChI is InChI=1S/C17H22N2O4/c1-22-13-5-6-14(15(11-13)23-2)17(21)19-9-7-18(8-10-19)16(20)12-3-4-12/h5-6,11-12H,3-4,7-10H2,1-2H3. The summed E-state index contributed by atoms with van der Waals surface area (Å²) in [5, 5.41) is 0. The average Bonchev–Trinajstić information content (AvgIpc) is 3.45. The van der Waals surface area contributed by atoms with Gasteiger partial charge in [-0.25, -0.2) is 0 Å². The van der Waals surface area contributed by atoms with E-state index in [4.69, 9.17) is 9.47 Å². The Bertz CT molecular complexity index is 605. The zero-order valence-corrected chi connectivity index (χ0v) is 13.6. The number of piperazine rings is 1. The van der Waals surface area contributed by atoms with Crippen LogP contribution in [0.3, 0.4) is 0 Å². The molecule has 1 heterocycles. The number of nitrogens with zero attached hydrogens (tertiary/aromatic N) is 2. The molecule has 1 aromatic rings. The van der Waals surface area contributed by atoms with Gasteiger partial charge in [-0.3, -0.25) is 9.59 Å². The molecular weight excluding hydrogens is 296 g/mol. The largest absolute Gasteiger partial charge is 0.497 e. The molecule has 1 aromatic carbocycles. The predicted octanol–water partition coefficient (Wildman–Crippen LogP) is 1.40. The molecule has 2 amide bonds. The molecule has 0 N–H and O–H groups in total. The van der Waals surface area contributed by atoms with Crippen molar-refractivity contribution in [2.24, 2.45) is 5.92 Å². The van der Waals surface area contributed by atoms with E-state index in [-0.39, 0.29) is 17.7 Å². The van der Waals surface area contributed by atoms with Crippen molar-refractivity contribution in [2.45, 2.75) is 12.8 Å². The van der Waals surface area contributed by atoms with E-state index in [0.717, 1.165) is 12.8 Å². The molecule has 6 nitrogen and oxygen atoms in total. The first-order valence-electron chi connectivity index (χ1n) is 7.94. The Labute approximate surface area is 136 Å². The van der Waals surface area contributed by atoms with Gasteiger partial charge in [-0.1, -0.05) is 0 Å². The molecule has 23 heavy (non-hydrogen) atoms. The van der Waals surface area contributed by atoms with E-state index >= 15 is 0 Å². The van der Waals surface area contributed by atoms with Crippen molar-refractivity contribution in [1.82, 2.24) is 9.80 Å². The molecule has 0 unspecified atom stereocenters. The number of amides is 2. The summed E-state index contributed by atoms with van der Waals surface area (Å²) in [5.74, 6) is 1.57. The van der Waals surface area contributed by atoms with Gasteiger partial charge in [0, 0.05) is 38.2 Å². The lowest BCUT2D eigenvalue weighted by Gasteiger charge is -2.35. The van der Waals surface area contributed by atoms with Crippen molar-refractivity contribution in [3.8, 4) is 11.5 Å². The second-order valence-electron chi connectivity index (χ2n) is 5.96. The fourth-order valence-corrected chi connectivity index (χ4v) is 2.86. The van der Waals surface area contributed by atoms with E-state index in [1.807, 2.05) is 4.90 Å². The first-order valence-corrected chi connectivity index (χ1v) is 7.94. The van der Waals surface area contributed by atoms with Crippen LogP contribution in [0, 0.1) is 5.92 Å². The van der Waals surface area contributed by atoms with Gasteiger partial charge < -0.3 is 19.3 Å². The number of ether oxygens (including phenoxy) is 2. The van der Waals surface area contributed by atoms with E-state index in [9.17, 15) is 9.59 Å². The lowest BCUT2D eigenvalue weighted by Crippen LogP contribution is -2.51. The number of benzene rings is 1. The normalized spacial score (nSPS) is 17.8. The van der Waals surface area contributed by atoms with Crippen LogP contribution >= 0.6 is 0 Å². The van der Waals surface area contributed by atoms with Gasteiger partial charge in [0.2, 0.25) is 5.91 Å². The van der Waals surface area contributed by atoms with Crippen LogP contribution in [-0.2, 0) is 4.79 Å². The van der Waals surface area contributed by atoms with Gasteiger partial charge in [0.05, 0.1) is 19.8 Å². The summed E-state index contributed by atoms with van der Waals surface area (Å²) in [6.45, 7) is 2.35. The Morgan fingerprint density at radius 3 is 2.22 bits per heavy atom. The second kappa shape index (κ2) is 6.48. The van der Waals surface area contributed by atoms with Crippen LogP contribution in [-0.4, -0.2) is 62.0 Å². The second-order valence-corrected chi connectivity index (χ2v) is 5.96. The van der Waals surface area contributed by atoms with Crippen LogP contribution in [0.25, 0.3) is 0 Å². The monoisotopic (exact) mass is 318 g/mol. The molecule has 1 aliphatic heterocycles. The summed E-state index contributed by atoms with van der Waals surface area (Å²) < 4.78 is 10.5. The molecule has 2 aliphatic rings. The van der Waals surface area contributed by atoms with Gasteiger partial charge in [0.1, 0.15) is 11.5 Å². The predicted molar refractivity (Wildman–Crippen MR) is 84.8 cm³/mol. The molecule has 1 saturated carbocycles. The maximum absolute atomic E-state index is 12.7. The number of hydrogen-bond acceptors (Lipinski definition) is 4. The molecule has 6 heteroatoms. The van der Waals surface area contributed by atoms with Gasteiger partial charge >= 0.3 is 0 Å². The van der Waals surface area contributed by atoms with Gasteiger partial charge in [-0.05, 0) is 25.0 Å². The van der Waals surface area contributed by atoms with Crippen LogP contribution < -0.4 is 9.47 Å². The summed E-state index contributed by atoms with van der Waals surface area (Å²) in [6, 6.07) is 5.18. The third-order valence-electron chi connectivity index (χ3n) is 4.44. The molecule has 0 atom stereocenters. The highest BCUT2D eigenvalue weighted by Crippen LogP contribution is 2.31. The fourth-order valence-electron chi connectivity index (χ4n) is 2.86. The third kappa shape index (κ3) is 3.25. The first kappa shape index (κ1) is 15.6. The van der Waals surface area contributed by atoms with Gasteiger partial charge in [0.15, 0.2) is 0 Å². The molecule has 0 bridgehead atoms. The Kier molecular flexibility index (Phi) is 4.41. The molecule has 124 valence electrons. The lowest BCUT2D eigenvalue weighted by atomic mass is 10.1. The first-order chi connectivity index (χ1) is 11.1. The highest BCUT2D eigenvalue weighted by atomic mass is 16.5. The zero-order chi connectivity index (χ0) is 16.4. The van der Waals surface area contributed by atoms with Gasteiger partial charge in [-0.2, -0.15) is 0 Å². The molecule has 0 aromatic heterocycles. The summed E-state index contributed by atoms with van der Waals surface area (Å²) in [7, 11) is 3.12. The van der Waals surface area contributed by atoms with Crippen LogP contribution in [0.1, 0.15) is 23.2 Å². The van der Waals surface area contributed by atoms with E-state index < -0.39 is 0 Å². The highest BCUT2D eigenvalue weighted by Gasteiger charge is 2.35. The lowest BCUT2D eigenvalue weighted by molar-refractivity contribution is -0.134. The summed E-state index contributed by atoms with van der Waals surface area (Å²) in [5.41, 5.74) is 0.523. The Hall–Kier alpha value is -2.24. The van der Waals surface area contributed by atoms with Crippen molar-refractivity contribution < 1.29 is 19.1 Å². The SMILES string of the molecule is COc1ccc(C(=O)N2CCN(C(=O)C3CC3)CC2)c(OC)c1. The van der Waals surface area contributed by atoms with Gasteiger partial charge in [-0.15, -0.1) is 0 Å². The van der Waals surface area contributed by atoms with Gasteiger partial charge in [0.25, 0.3) is 5.91 Å². The van der Waals surface area contributed by atoms with Crippen molar-refractivity contribution in [2.75, 3.05) is 40.4 Å². The summed E-state index contributed by atoms with van der Waals surface area (Å²) in [4.78, 5) is 28.4. The molecule has 1 saturated heterocycles. The average molecular weight is 318 g/mol. The Morgan fingerprint density at radius 2 is 1.65 bits per heavy atom. The minimum Gasteiger partial charge on any atom is -0.497 e. The maximum atomic E-state index is 12.7. The van der Waals surface area contributed by atoms with Crippen molar-refractivity contribution >= 4 is 11.8 Å². The zero-order valence-electron chi connectivity index (χ0n) is 13.6. The Balaban J connectivity index is 1.66. The number of hydrogen-bond donors (Lipinski definition) is 0. The fraction of sp³-hybridized carbons (Fsp3) is 0.529. The summed E-state index contributed by atoms with van der Waals surface area (Å²) >= 11 is 0. The number of methoxy groups -OCH3 is 2. The molecule has 1 aliphatic carbocycles. The minimum atomic E-state index is -0.0666.